The number of sulfone groups is 2. The molecule has 0 bridgehead atoms. The molecule has 3 aromatic rings. The van der Waals surface area contributed by atoms with E-state index in [-0.39, 0.29) is 4.48 Å². The number of hydrogen-bond donors (Lipinski definition) is 1. The normalized spacial score (nSPS) is 14.2. The van der Waals surface area contributed by atoms with E-state index in [1.165, 1.54) is 42.5 Å². The first-order valence-electron chi connectivity index (χ1n) is 9.01. The number of halogens is 2. The lowest BCUT2D eigenvalue weighted by molar-refractivity contribution is 0.132. The maximum absolute atomic E-state index is 16.6. The summed E-state index contributed by atoms with van der Waals surface area (Å²) in [5.41, 5.74) is 0.505. The highest BCUT2D eigenvalue weighted by Gasteiger charge is 2.63. The molecule has 3 rings (SSSR count). The average molecular weight is 525 g/mol. The molecule has 0 aromatic heterocycles. The number of aliphatic hydroxyl groups excluding tert-OH is 1. The van der Waals surface area contributed by atoms with Crippen molar-refractivity contribution in [3.8, 4) is 0 Å². The summed E-state index contributed by atoms with van der Waals surface area (Å²) >= 11 is 2.99. The highest BCUT2D eigenvalue weighted by Crippen LogP contribution is 2.43. The van der Waals surface area contributed by atoms with E-state index < -0.39 is 39.9 Å². The van der Waals surface area contributed by atoms with Crippen molar-refractivity contribution in [2.75, 3.05) is 0 Å². The highest BCUT2D eigenvalue weighted by molar-refractivity contribution is 9.11. The van der Waals surface area contributed by atoms with Crippen LogP contribution in [0.5, 0.6) is 0 Å². The molecule has 0 saturated carbocycles. The predicted octanol–water partition coefficient (Wildman–Crippen LogP) is 4.35. The fourth-order valence-electron chi connectivity index (χ4n) is 2.91. The van der Waals surface area contributed by atoms with Crippen molar-refractivity contribution >= 4 is 41.7 Å². The Labute approximate surface area is 188 Å². The van der Waals surface area contributed by atoms with Crippen molar-refractivity contribution in [2.45, 2.75) is 20.2 Å². The van der Waals surface area contributed by atoms with Crippen molar-refractivity contribution in [3.63, 3.8) is 0 Å². The van der Waals surface area contributed by atoms with Gasteiger partial charge in [0.2, 0.25) is 19.7 Å². The van der Waals surface area contributed by atoms with Crippen molar-refractivity contribution in [1.29, 1.82) is 0 Å². The van der Waals surface area contributed by atoms with Gasteiger partial charge in [-0.1, -0.05) is 82.7 Å². The Morgan fingerprint density at radius 1 is 0.774 bits per heavy atom. The summed E-state index contributed by atoms with van der Waals surface area (Å²) < 4.78 is 65.4. The Morgan fingerprint density at radius 2 is 1.13 bits per heavy atom. The van der Waals surface area contributed by atoms with E-state index in [0.29, 0.717) is 5.56 Å². The van der Waals surface area contributed by atoms with Crippen LogP contribution in [0.2, 0.25) is 0 Å². The van der Waals surface area contributed by atoms with E-state index in [4.69, 9.17) is 0 Å². The van der Waals surface area contributed by atoms with Crippen LogP contribution in [0.15, 0.2) is 105 Å². The van der Waals surface area contributed by atoms with Crippen LogP contribution in [-0.2, 0) is 19.7 Å². The first kappa shape index (κ1) is 23.3. The van der Waals surface area contributed by atoms with E-state index >= 15 is 4.39 Å². The van der Waals surface area contributed by atoms with E-state index in [1.54, 1.807) is 30.3 Å². The van der Waals surface area contributed by atoms with E-state index in [1.807, 2.05) is 0 Å². The van der Waals surface area contributed by atoms with Gasteiger partial charge in [0.25, 0.3) is 0 Å². The molecule has 0 radical (unpaired) electrons. The predicted molar refractivity (Wildman–Crippen MR) is 120 cm³/mol. The third-order valence-electron chi connectivity index (χ3n) is 4.53. The Bertz CT molecular complexity index is 1210. The van der Waals surface area contributed by atoms with Gasteiger partial charge in [-0.15, -0.1) is 0 Å². The minimum absolute atomic E-state index is 0.347. The van der Waals surface area contributed by atoms with Crippen LogP contribution in [-0.4, -0.2) is 32.4 Å². The maximum atomic E-state index is 16.6. The molecular weight excluding hydrogens is 507 g/mol. The topological polar surface area (TPSA) is 88.5 Å². The zero-order valence-corrected chi connectivity index (χ0v) is 19.2. The summed E-state index contributed by atoms with van der Waals surface area (Å²) in [7, 11) is -10.4. The zero-order chi connectivity index (χ0) is 22.7. The molecule has 0 aliphatic rings. The first-order valence-corrected chi connectivity index (χ1v) is 12.8. The lowest BCUT2D eigenvalue weighted by atomic mass is 10.2. The van der Waals surface area contributed by atoms with Gasteiger partial charge < -0.3 is 5.11 Å². The van der Waals surface area contributed by atoms with Crippen LogP contribution >= 0.6 is 15.9 Å². The Morgan fingerprint density at radius 3 is 1.52 bits per heavy atom. The molecule has 0 heterocycles. The number of benzene rings is 3. The van der Waals surface area contributed by atoms with E-state index in [0.717, 1.165) is 24.3 Å². The van der Waals surface area contributed by atoms with Crippen LogP contribution in [0.1, 0.15) is 5.56 Å². The molecule has 0 aliphatic heterocycles. The van der Waals surface area contributed by atoms with Gasteiger partial charge in [-0.05, 0) is 35.9 Å². The van der Waals surface area contributed by atoms with Crippen molar-refractivity contribution < 1.29 is 26.3 Å². The Hall–Kier alpha value is -2.33. The highest BCUT2D eigenvalue weighted by atomic mass is 79.9. The van der Waals surface area contributed by atoms with Crippen molar-refractivity contribution in [1.82, 2.24) is 0 Å². The van der Waals surface area contributed by atoms with Crippen LogP contribution < -0.4 is 0 Å². The molecule has 0 spiro atoms. The van der Waals surface area contributed by atoms with Gasteiger partial charge >= 0.3 is 4.33 Å². The minimum atomic E-state index is -5.22. The van der Waals surface area contributed by atoms with Gasteiger partial charge in [-0.2, -0.15) is 0 Å². The molecule has 31 heavy (non-hydrogen) atoms. The van der Waals surface area contributed by atoms with Gasteiger partial charge in [-0.3, -0.25) is 0 Å². The van der Waals surface area contributed by atoms with Crippen LogP contribution in [0.4, 0.5) is 4.39 Å². The van der Waals surface area contributed by atoms with Crippen molar-refractivity contribution in [3.05, 3.63) is 101 Å². The smallest absolute Gasteiger partial charge is 0.347 e. The van der Waals surface area contributed by atoms with E-state index in [2.05, 4.69) is 15.9 Å². The summed E-state index contributed by atoms with van der Waals surface area (Å²) in [5, 5.41) is 10.8. The third kappa shape index (κ3) is 4.23. The quantitative estimate of drug-likeness (QED) is 0.496. The molecule has 162 valence electrons. The van der Waals surface area contributed by atoms with Crippen LogP contribution in [0.25, 0.3) is 6.08 Å². The SMILES string of the molecule is O=S(=O)(c1ccccc1)C(F)(C(O)/C(Br)=C\c1ccccc1)S(=O)(=O)c1ccccc1. The summed E-state index contributed by atoms with van der Waals surface area (Å²) in [6.07, 6.45) is -1.30. The average Bonchev–Trinajstić information content (AvgIpc) is 2.79. The van der Waals surface area contributed by atoms with Gasteiger partial charge in [0.15, 0.2) is 0 Å². The largest absolute Gasteiger partial charge is 0.382 e. The van der Waals surface area contributed by atoms with Crippen LogP contribution in [0, 0.1) is 0 Å². The fraction of sp³-hybridized carbons (Fsp3) is 0.0909. The molecule has 5 nitrogen and oxygen atoms in total. The molecule has 1 N–H and O–H groups in total. The number of hydrogen-bond acceptors (Lipinski definition) is 5. The monoisotopic (exact) mass is 524 g/mol. The van der Waals surface area contributed by atoms with Gasteiger partial charge in [0.1, 0.15) is 6.10 Å². The number of rotatable bonds is 7. The molecular formula is C22H18BrFO5S2. The Balaban J connectivity index is 2.26. The van der Waals surface area contributed by atoms with Gasteiger partial charge in [0, 0.05) is 4.48 Å². The molecule has 0 saturated heterocycles. The maximum Gasteiger partial charge on any atom is 0.347 e. The molecule has 0 amide bonds. The van der Waals surface area contributed by atoms with Gasteiger partial charge in [-0.25, -0.2) is 21.2 Å². The summed E-state index contributed by atoms with van der Waals surface area (Å²) in [6.45, 7) is 0. The Kier molecular flexibility index (Phi) is 6.80. The minimum Gasteiger partial charge on any atom is -0.382 e. The van der Waals surface area contributed by atoms with Crippen LogP contribution in [0.3, 0.4) is 0 Å². The third-order valence-corrected chi connectivity index (χ3v) is 10.2. The molecule has 9 heteroatoms. The number of alkyl halides is 1. The second-order valence-electron chi connectivity index (χ2n) is 6.56. The second-order valence-corrected chi connectivity index (χ2v) is 11.9. The first-order chi connectivity index (χ1) is 14.6. The second kappa shape index (κ2) is 9.04. The standard InChI is InChI=1S/C22H18BrFO5S2/c23-20(16-17-10-4-1-5-11-17)21(25)22(24,30(26,27)18-12-6-2-7-13-18)31(28,29)19-14-8-3-9-15-19/h1-16,21,25H/b20-16+. The van der Waals surface area contributed by atoms with Gasteiger partial charge in [0.05, 0.1) is 9.79 Å². The molecule has 0 aliphatic carbocycles. The molecule has 3 aromatic carbocycles. The summed E-state index contributed by atoms with van der Waals surface area (Å²) in [4.78, 5) is -1.15. The van der Waals surface area contributed by atoms with E-state index in [9.17, 15) is 21.9 Å². The number of aliphatic hydroxyl groups is 1. The van der Waals surface area contributed by atoms with Crippen molar-refractivity contribution in [2.24, 2.45) is 0 Å². The lowest BCUT2D eigenvalue weighted by Gasteiger charge is -2.30. The summed E-state index contributed by atoms with van der Waals surface area (Å²) in [5.74, 6) is 0. The molecule has 0 fully saturated rings. The molecule has 1 atom stereocenters. The fourth-order valence-corrected chi connectivity index (χ4v) is 8.04. The lowest BCUT2D eigenvalue weighted by Crippen LogP contribution is -2.52. The molecule has 1 unspecified atom stereocenters. The zero-order valence-electron chi connectivity index (χ0n) is 16.0. The summed E-state index contributed by atoms with van der Waals surface area (Å²) in [6, 6.07) is 21.0.